The quantitative estimate of drug-likeness (QED) is 0.667. The Hall–Kier alpha value is -1.19. The first-order valence-electron chi connectivity index (χ1n) is 5.93. The minimum atomic E-state index is 0.233. The monoisotopic (exact) mass is 274 g/mol. The van der Waals surface area contributed by atoms with Crippen LogP contribution < -0.4 is 5.43 Å². The Morgan fingerprint density at radius 2 is 1.17 bits per heavy atom. The molecule has 0 unspecified atom stereocenters. The molecule has 0 spiro atoms. The van der Waals surface area contributed by atoms with Gasteiger partial charge in [0.05, 0.1) is 0 Å². The van der Waals surface area contributed by atoms with E-state index in [9.17, 15) is 4.79 Å². The first kappa shape index (κ1) is 11.9. The van der Waals surface area contributed by atoms with Gasteiger partial charge in [0.2, 0.25) is 0 Å². The first-order chi connectivity index (χ1) is 8.49. The van der Waals surface area contributed by atoms with E-state index in [1.165, 1.54) is 19.5 Å². The molecule has 0 saturated carbocycles. The molecule has 1 nitrogen and oxygen atoms in total. The highest BCUT2D eigenvalue weighted by molar-refractivity contribution is 7.12. The summed E-state index contributed by atoms with van der Waals surface area (Å²) in [7, 11) is 0. The summed E-state index contributed by atoms with van der Waals surface area (Å²) < 4.78 is 0. The molecule has 0 fully saturated rings. The van der Waals surface area contributed by atoms with Crippen LogP contribution in [0.4, 0.5) is 0 Å². The average Bonchev–Trinajstić information content (AvgIpc) is 2.60. The molecular weight excluding hydrogens is 260 g/mol. The fraction of sp³-hybridized carbons (Fsp3) is 0.267. The van der Waals surface area contributed by atoms with Crippen molar-refractivity contribution in [3.05, 3.63) is 41.9 Å². The second-order valence-corrected chi connectivity index (χ2v) is 7.65. The highest BCUT2D eigenvalue weighted by atomic mass is 32.1. The van der Waals surface area contributed by atoms with Gasteiger partial charge in [-0.3, -0.25) is 4.79 Å². The number of hydrogen-bond acceptors (Lipinski definition) is 3. The summed E-state index contributed by atoms with van der Waals surface area (Å²) >= 11 is 3.52. The molecule has 3 rings (SSSR count). The van der Waals surface area contributed by atoms with Gasteiger partial charge in [0.15, 0.2) is 5.43 Å². The molecular formula is C15H14OS2. The SMILES string of the molecule is Cc1cc(-c2c(-c3cc(C)sc3C)c2=O)c(C)s1. The van der Waals surface area contributed by atoms with Crippen molar-refractivity contribution in [2.24, 2.45) is 0 Å². The maximum Gasteiger partial charge on any atom is 0.195 e. The zero-order valence-corrected chi connectivity index (χ0v) is 12.5. The van der Waals surface area contributed by atoms with E-state index in [0.717, 1.165) is 22.3 Å². The van der Waals surface area contributed by atoms with Crippen molar-refractivity contribution in [1.82, 2.24) is 0 Å². The fourth-order valence-corrected chi connectivity index (χ4v) is 4.30. The third kappa shape index (κ3) is 1.70. The van der Waals surface area contributed by atoms with Crippen LogP contribution >= 0.6 is 22.7 Å². The molecule has 3 heteroatoms. The van der Waals surface area contributed by atoms with Gasteiger partial charge in [-0.2, -0.15) is 0 Å². The van der Waals surface area contributed by atoms with E-state index in [1.807, 2.05) is 0 Å². The van der Waals surface area contributed by atoms with Crippen molar-refractivity contribution in [2.75, 3.05) is 0 Å². The maximum absolute atomic E-state index is 12.1. The van der Waals surface area contributed by atoms with Gasteiger partial charge < -0.3 is 0 Å². The maximum atomic E-state index is 12.1. The van der Waals surface area contributed by atoms with Crippen molar-refractivity contribution in [1.29, 1.82) is 0 Å². The van der Waals surface area contributed by atoms with Gasteiger partial charge in [0.1, 0.15) is 0 Å². The summed E-state index contributed by atoms with van der Waals surface area (Å²) in [6, 6.07) is 4.27. The Morgan fingerprint density at radius 1 is 0.778 bits per heavy atom. The van der Waals surface area contributed by atoms with Gasteiger partial charge >= 0.3 is 0 Å². The lowest BCUT2D eigenvalue weighted by Crippen LogP contribution is -1.77. The third-order valence-corrected chi connectivity index (χ3v) is 5.19. The summed E-state index contributed by atoms with van der Waals surface area (Å²) in [5, 5.41) is 0. The van der Waals surface area contributed by atoms with Gasteiger partial charge in [-0.25, -0.2) is 0 Å². The van der Waals surface area contributed by atoms with E-state index in [4.69, 9.17) is 0 Å². The summed E-state index contributed by atoms with van der Waals surface area (Å²) in [5.74, 6) is 0. The molecule has 18 heavy (non-hydrogen) atoms. The van der Waals surface area contributed by atoms with Crippen LogP contribution in [0.2, 0.25) is 0 Å². The van der Waals surface area contributed by atoms with E-state index in [0.29, 0.717) is 0 Å². The van der Waals surface area contributed by atoms with Gasteiger partial charge in [-0.05, 0) is 39.8 Å². The smallest absolute Gasteiger partial charge is 0.195 e. The molecule has 92 valence electrons. The Labute approximate surface area is 114 Å². The van der Waals surface area contributed by atoms with Gasteiger partial charge in [0, 0.05) is 41.8 Å². The van der Waals surface area contributed by atoms with E-state index in [1.54, 1.807) is 22.7 Å². The van der Waals surface area contributed by atoms with Crippen LogP contribution in [-0.4, -0.2) is 0 Å². The predicted octanol–water partition coefficient (Wildman–Crippen LogP) is 4.61. The first-order valence-corrected chi connectivity index (χ1v) is 7.56. The molecule has 0 N–H and O–H groups in total. The lowest BCUT2D eigenvalue weighted by molar-refractivity contribution is 1.60. The van der Waals surface area contributed by atoms with Crippen LogP contribution in [0.1, 0.15) is 19.5 Å². The molecule has 0 aliphatic carbocycles. The molecule has 0 aliphatic heterocycles. The lowest BCUT2D eigenvalue weighted by Gasteiger charge is -1.91. The Balaban J connectivity index is 2.12. The fourth-order valence-electron chi connectivity index (χ4n) is 2.44. The van der Waals surface area contributed by atoms with Gasteiger partial charge in [0.25, 0.3) is 0 Å². The van der Waals surface area contributed by atoms with Crippen molar-refractivity contribution < 1.29 is 0 Å². The topological polar surface area (TPSA) is 17.1 Å². The van der Waals surface area contributed by atoms with E-state index in [2.05, 4.69) is 39.8 Å². The molecule has 0 bridgehead atoms. The third-order valence-electron chi connectivity index (χ3n) is 3.26. The van der Waals surface area contributed by atoms with Crippen LogP contribution in [-0.2, 0) is 0 Å². The molecule has 2 heterocycles. The summed E-state index contributed by atoms with van der Waals surface area (Å²) in [5.41, 5.74) is 4.40. The predicted molar refractivity (Wildman–Crippen MR) is 80.7 cm³/mol. The van der Waals surface area contributed by atoms with Crippen LogP contribution in [0.25, 0.3) is 22.3 Å². The van der Waals surface area contributed by atoms with Crippen LogP contribution in [0, 0.1) is 27.7 Å². The van der Waals surface area contributed by atoms with E-state index < -0.39 is 0 Å². The molecule has 0 atom stereocenters. The lowest BCUT2D eigenvalue weighted by atomic mass is 10.1. The number of rotatable bonds is 2. The summed E-state index contributed by atoms with van der Waals surface area (Å²) in [4.78, 5) is 17.1. The second-order valence-electron chi connectivity index (χ2n) is 4.73. The molecule has 0 saturated heterocycles. The van der Waals surface area contributed by atoms with Crippen molar-refractivity contribution in [2.45, 2.75) is 27.7 Å². The van der Waals surface area contributed by atoms with Crippen LogP contribution in [0.5, 0.6) is 0 Å². The highest BCUT2D eigenvalue weighted by Crippen LogP contribution is 2.42. The highest BCUT2D eigenvalue weighted by Gasteiger charge is 2.28. The number of thiophene rings is 2. The van der Waals surface area contributed by atoms with E-state index >= 15 is 0 Å². The zero-order chi connectivity index (χ0) is 13.0. The molecule has 3 aromatic rings. The zero-order valence-electron chi connectivity index (χ0n) is 10.9. The van der Waals surface area contributed by atoms with Gasteiger partial charge in [-0.1, -0.05) is 0 Å². The second kappa shape index (κ2) is 3.90. The number of aryl methyl sites for hydroxylation is 4. The molecule has 1 aromatic carbocycles. The molecule has 2 aromatic heterocycles. The normalized spacial score (nSPS) is 11.6. The molecule has 0 radical (unpaired) electrons. The van der Waals surface area contributed by atoms with Crippen molar-refractivity contribution in [3.63, 3.8) is 0 Å². The Bertz CT molecular complexity index is 687. The van der Waals surface area contributed by atoms with E-state index in [-0.39, 0.29) is 5.43 Å². The standard InChI is InChI=1S/C15H14OS2/c1-7-5-11(9(3)17-7)13-14(15(13)16)12-6-8(2)18-10(12)4/h5-6H,1-4H3. The number of hydrogen-bond donors (Lipinski definition) is 0. The van der Waals surface area contributed by atoms with Crippen molar-refractivity contribution in [3.8, 4) is 22.3 Å². The Morgan fingerprint density at radius 3 is 1.44 bits per heavy atom. The molecule has 0 aliphatic rings. The average molecular weight is 274 g/mol. The summed E-state index contributed by atoms with van der Waals surface area (Å²) in [6.45, 7) is 8.37. The van der Waals surface area contributed by atoms with Gasteiger partial charge in [-0.15, -0.1) is 22.7 Å². The molecule has 0 amide bonds. The Kier molecular flexibility index (Phi) is 2.57. The van der Waals surface area contributed by atoms with Crippen LogP contribution in [0.3, 0.4) is 0 Å². The summed E-state index contributed by atoms with van der Waals surface area (Å²) in [6.07, 6.45) is 0. The largest absolute Gasteiger partial charge is 0.289 e. The minimum absolute atomic E-state index is 0.233. The van der Waals surface area contributed by atoms with Crippen molar-refractivity contribution >= 4 is 22.7 Å². The van der Waals surface area contributed by atoms with Crippen LogP contribution in [0.15, 0.2) is 16.9 Å². The minimum Gasteiger partial charge on any atom is -0.289 e.